The van der Waals surface area contributed by atoms with Crippen molar-refractivity contribution in [2.75, 3.05) is 13.7 Å². The zero-order valence-electron chi connectivity index (χ0n) is 9.17. The lowest BCUT2D eigenvalue weighted by molar-refractivity contribution is -0.143. The van der Waals surface area contributed by atoms with Crippen LogP contribution in [0.15, 0.2) is 18.2 Å². The maximum absolute atomic E-state index is 13.5. The lowest BCUT2D eigenvalue weighted by Gasteiger charge is -2.16. The van der Waals surface area contributed by atoms with E-state index in [0.29, 0.717) is 0 Å². The molecule has 1 N–H and O–H groups in total. The topological polar surface area (TPSA) is 38.3 Å². The largest absolute Gasteiger partial charge is 0.468 e. The number of terminal acetylenes is 1. The van der Waals surface area contributed by atoms with Gasteiger partial charge in [-0.25, -0.2) is 13.6 Å². The van der Waals surface area contributed by atoms with Crippen LogP contribution in [0.1, 0.15) is 11.6 Å². The molecule has 0 aliphatic carbocycles. The highest BCUT2D eigenvalue weighted by atomic mass is 19.1. The molecular formula is C12H11F2NO2. The summed E-state index contributed by atoms with van der Waals surface area (Å²) in [4.78, 5) is 11.4. The van der Waals surface area contributed by atoms with Gasteiger partial charge in [-0.05, 0) is 12.1 Å². The molecule has 0 spiro atoms. The van der Waals surface area contributed by atoms with Crippen LogP contribution < -0.4 is 5.32 Å². The number of ether oxygens (including phenoxy) is 1. The van der Waals surface area contributed by atoms with Crippen molar-refractivity contribution >= 4 is 5.97 Å². The first-order valence-corrected chi connectivity index (χ1v) is 4.80. The van der Waals surface area contributed by atoms with Crippen LogP contribution in [0.4, 0.5) is 8.78 Å². The molecule has 0 aliphatic heterocycles. The van der Waals surface area contributed by atoms with E-state index in [-0.39, 0.29) is 6.54 Å². The standard InChI is InChI=1S/C12H11F2NO2/c1-3-7-15-11(12(16)17-2)10-8(13)5-4-6-9(10)14/h1,4-6,11,15H,7H2,2H3. The van der Waals surface area contributed by atoms with Crippen molar-refractivity contribution < 1.29 is 18.3 Å². The predicted molar refractivity (Wildman–Crippen MR) is 58.0 cm³/mol. The average Bonchev–Trinajstić information content (AvgIpc) is 2.32. The van der Waals surface area contributed by atoms with Crippen molar-refractivity contribution in [2.45, 2.75) is 6.04 Å². The second kappa shape index (κ2) is 5.97. The summed E-state index contributed by atoms with van der Waals surface area (Å²) in [6, 6.07) is 2.08. The molecule has 1 rings (SSSR count). The van der Waals surface area contributed by atoms with E-state index in [1.165, 1.54) is 6.07 Å². The van der Waals surface area contributed by atoms with Gasteiger partial charge in [-0.2, -0.15) is 0 Å². The number of halogens is 2. The Balaban J connectivity index is 3.13. The third-order valence-electron chi connectivity index (χ3n) is 2.13. The number of methoxy groups -OCH3 is 1. The molecule has 0 bridgehead atoms. The van der Waals surface area contributed by atoms with Crippen LogP contribution in [0.2, 0.25) is 0 Å². The first-order chi connectivity index (χ1) is 8.11. The zero-order valence-corrected chi connectivity index (χ0v) is 9.17. The fourth-order valence-corrected chi connectivity index (χ4v) is 1.37. The van der Waals surface area contributed by atoms with Gasteiger partial charge in [0.1, 0.15) is 17.7 Å². The molecule has 0 amide bonds. The van der Waals surface area contributed by atoms with E-state index in [1.54, 1.807) is 0 Å². The molecule has 0 heterocycles. The van der Waals surface area contributed by atoms with E-state index >= 15 is 0 Å². The molecule has 1 atom stereocenters. The minimum absolute atomic E-state index is 0.00641. The monoisotopic (exact) mass is 239 g/mol. The molecule has 0 saturated heterocycles. The highest BCUT2D eigenvalue weighted by molar-refractivity contribution is 5.77. The Bertz CT molecular complexity index is 434. The summed E-state index contributed by atoms with van der Waals surface area (Å²) in [5, 5.41) is 2.53. The lowest BCUT2D eigenvalue weighted by atomic mass is 10.1. The Morgan fingerprint density at radius 2 is 2.12 bits per heavy atom. The van der Waals surface area contributed by atoms with Crippen molar-refractivity contribution in [3.8, 4) is 12.3 Å². The summed E-state index contributed by atoms with van der Waals surface area (Å²) in [7, 11) is 1.13. The number of hydrogen-bond acceptors (Lipinski definition) is 3. The molecule has 0 saturated carbocycles. The Labute approximate surface area is 97.8 Å². The van der Waals surface area contributed by atoms with Crippen LogP contribution in [0, 0.1) is 24.0 Å². The minimum Gasteiger partial charge on any atom is -0.468 e. The quantitative estimate of drug-likeness (QED) is 0.637. The number of benzene rings is 1. The van der Waals surface area contributed by atoms with Crippen molar-refractivity contribution in [1.29, 1.82) is 0 Å². The van der Waals surface area contributed by atoms with E-state index in [4.69, 9.17) is 6.42 Å². The number of hydrogen-bond donors (Lipinski definition) is 1. The van der Waals surface area contributed by atoms with E-state index in [1.807, 2.05) is 0 Å². The lowest BCUT2D eigenvalue weighted by Crippen LogP contribution is -2.31. The fourth-order valence-electron chi connectivity index (χ4n) is 1.37. The minimum atomic E-state index is -1.25. The molecular weight excluding hydrogens is 228 g/mol. The second-order valence-corrected chi connectivity index (χ2v) is 3.18. The molecule has 0 aliphatic rings. The van der Waals surface area contributed by atoms with Crippen molar-refractivity contribution in [3.63, 3.8) is 0 Å². The Hall–Kier alpha value is -1.93. The highest BCUT2D eigenvalue weighted by Crippen LogP contribution is 2.21. The number of rotatable bonds is 4. The number of carbonyl (C=O) groups excluding carboxylic acids is 1. The smallest absolute Gasteiger partial charge is 0.327 e. The van der Waals surface area contributed by atoms with Crippen molar-refractivity contribution in [1.82, 2.24) is 5.32 Å². The first-order valence-electron chi connectivity index (χ1n) is 4.80. The summed E-state index contributed by atoms with van der Waals surface area (Å²) in [5.41, 5.74) is -0.394. The van der Waals surface area contributed by atoms with Gasteiger partial charge in [-0.3, -0.25) is 5.32 Å². The van der Waals surface area contributed by atoms with Gasteiger partial charge in [0.15, 0.2) is 0 Å². The molecule has 1 unspecified atom stereocenters. The van der Waals surface area contributed by atoms with E-state index in [0.717, 1.165) is 19.2 Å². The van der Waals surface area contributed by atoms with Gasteiger partial charge in [0.25, 0.3) is 0 Å². The fraction of sp³-hybridized carbons (Fsp3) is 0.250. The number of nitrogens with one attached hydrogen (secondary N) is 1. The summed E-state index contributed by atoms with van der Waals surface area (Å²) in [5.74, 6) is -0.237. The van der Waals surface area contributed by atoms with Gasteiger partial charge in [-0.15, -0.1) is 6.42 Å². The molecule has 17 heavy (non-hydrogen) atoms. The Kier molecular flexibility index (Phi) is 4.61. The van der Waals surface area contributed by atoms with Crippen molar-refractivity contribution in [2.24, 2.45) is 0 Å². The van der Waals surface area contributed by atoms with Gasteiger partial charge < -0.3 is 4.74 Å². The zero-order chi connectivity index (χ0) is 12.8. The molecule has 90 valence electrons. The van der Waals surface area contributed by atoms with Crippen LogP contribution >= 0.6 is 0 Å². The molecule has 0 radical (unpaired) electrons. The van der Waals surface area contributed by atoms with E-state index in [2.05, 4.69) is 16.0 Å². The summed E-state index contributed by atoms with van der Waals surface area (Å²) in [6.07, 6.45) is 5.02. The maximum Gasteiger partial charge on any atom is 0.327 e. The van der Waals surface area contributed by atoms with Gasteiger partial charge in [-0.1, -0.05) is 12.0 Å². The summed E-state index contributed by atoms with van der Waals surface area (Å²) in [6.45, 7) is -0.00641. The van der Waals surface area contributed by atoms with Gasteiger partial charge >= 0.3 is 5.97 Å². The van der Waals surface area contributed by atoms with Gasteiger partial charge in [0, 0.05) is 0 Å². The maximum atomic E-state index is 13.5. The Morgan fingerprint density at radius 3 is 2.59 bits per heavy atom. The SMILES string of the molecule is C#CCNC(C(=O)OC)c1c(F)cccc1F. The van der Waals surface area contributed by atoms with Crippen LogP contribution in [0.5, 0.6) is 0 Å². The molecule has 1 aromatic rings. The van der Waals surface area contributed by atoms with Crippen LogP contribution in [0.25, 0.3) is 0 Å². The molecule has 0 fully saturated rings. The highest BCUT2D eigenvalue weighted by Gasteiger charge is 2.26. The summed E-state index contributed by atoms with van der Waals surface area (Å²) < 4.78 is 31.4. The number of carbonyl (C=O) groups is 1. The van der Waals surface area contributed by atoms with Crippen LogP contribution in [-0.2, 0) is 9.53 Å². The third kappa shape index (κ3) is 3.02. The predicted octanol–water partition coefficient (Wildman–Crippen LogP) is 1.40. The first kappa shape index (κ1) is 13.1. The summed E-state index contributed by atoms with van der Waals surface area (Å²) >= 11 is 0. The third-order valence-corrected chi connectivity index (χ3v) is 2.13. The van der Waals surface area contributed by atoms with E-state index in [9.17, 15) is 13.6 Å². The average molecular weight is 239 g/mol. The Morgan fingerprint density at radius 1 is 1.53 bits per heavy atom. The van der Waals surface area contributed by atoms with E-state index < -0.39 is 29.2 Å². The molecule has 3 nitrogen and oxygen atoms in total. The number of esters is 1. The van der Waals surface area contributed by atoms with Crippen LogP contribution in [-0.4, -0.2) is 19.6 Å². The van der Waals surface area contributed by atoms with Gasteiger partial charge in [0.05, 0.1) is 19.2 Å². The van der Waals surface area contributed by atoms with Gasteiger partial charge in [0.2, 0.25) is 0 Å². The second-order valence-electron chi connectivity index (χ2n) is 3.18. The van der Waals surface area contributed by atoms with Crippen molar-refractivity contribution in [3.05, 3.63) is 35.4 Å². The molecule has 0 aromatic heterocycles. The molecule has 5 heteroatoms. The normalized spacial score (nSPS) is 11.6. The molecule has 1 aromatic carbocycles. The van der Waals surface area contributed by atoms with Crippen LogP contribution in [0.3, 0.4) is 0 Å².